The van der Waals surface area contributed by atoms with Crippen LogP contribution in [0.5, 0.6) is 0 Å². The number of hydrogen-bond acceptors (Lipinski definition) is 5. The smallest absolute Gasteiger partial charge is 0.257 e. The van der Waals surface area contributed by atoms with E-state index in [-0.39, 0.29) is 17.3 Å². The summed E-state index contributed by atoms with van der Waals surface area (Å²) in [7, 11) is 0. The van der Waals surface area contributed by atoms with Gasteiger partial charge in [0.1, 0.15) is 16.9 Å². The molecule has 2 heterocycles. The van der Waals surface area contributed by atoms with Crippen molar-refractivity contribution in [2.24, 2.45) is 5.10 Å². The summed E-state index contributed by atoms with van der Waals surface area (Å²) in [5.74, 6) is -0.0989. The van der Waals surface area contributed by atoms with E-state index in [0.717, 1.165) is 16.7 Å². The van der Waals surface area contributed by atoms with Crippen molar-refractivity contribution in [2.75, 3.05) is 12.3 Å². The molecule has 7 nitrogen and oxygen atoms in total. The van der Waals surface area contributed by atoms with Gasteiger partial charge in [0.15, 0.2) is 5.65 Å². The maximum atomic E-state index is 13.2. The van der Waals surface area contributed by atoms with Crippen molar-refractivity contribution >= 4 is 40.1 Å². The van der Waals surface area contributed by atoms with Crippen molar-refractivity contribution in [3.05, 3.63) is 101 Å². The van der Waals surface area contributed by atoms with E-state index < -0.39 is 0 Å². The minimum Gasteiger partial charge on any atom is -0.383 e. The van der Waals surface area contributed by atoms with Crippen molar-refractivity contribution in [3.63, 3.8) is 0 Å². The molecule has 5 aromatic rings. The summed E-state index contributed by atoms with van der Waals surface area (Å²) < 4.78 is 1.49. The molecule has 3 aromatic carbocycles. The fourth-order valence-electron chi connectivity index (χ4n) is 3.82. The van der Waals surface area contributed by atoms with E-state index in [1.807, 2.05) is 85.8 Å². The first-order valence-corrected chi connectivity index (χ1v) is 11.1. The standard InChI is InChI=1S/C27H24N6O/c1-18-11-13-20(14-12-18)17-30-33-25(28)23(27(34)29-16-15-19-7-3-2-4-8-19)24-26(33)32-22-10-6-5-9-21(22)31-24/h2-14,17H,15-16,28H2,1H3,(H,29,34). The molecule has 0 fully saturated rings. The van der Waals surface area contributed by atoms with Crippen LogP contribution in [0.2, 0.25) is 0 Å². The molecule has 0 aliphatic heterocycles. The first-order chi connectivity index (χ1) is 16.6. The Morgan fingerprint density at radius 3 is 2.38 bits per heavy atom. The van der Waals surface area contributed by atoms with Gasteiger partial charge in [-0.05, 0) is 36.6 Å². The molecule has 1 amide bonds. The number of nitrogens with two attached hydrogens (primary N) is 1. The summed E-state index contributed by atoms with van der Waals surface area (Å²) in [6.45, 7) is 2.50. The highest BCUT2D eigenvalue weighted by Crippen LogP contribution is 2.27. The molecule has 0 unspecified atom stereocenters. The lowest BCUT2D eigenvalue weighted by atomic mass is 10.1. The number of aryl methyl sites for hydroxylation is 1. The van der Waals surface area contributed by atoms with Crippen LogP contribution in [-0.2, 0) is 6.42 Å². The Morgan fingerprint density at radius 1 is 0.971 bits per heavy atom. The largest absolute Gasteiger partial charge is 0.383 e. The summed E-state index contributed by atoms with van der Waals surface area (Å²) in [6, 6.07) is 25.5. The van der Waals surface area contributed by atoms with Gasteiger partial charge >= 0.3 is 0 Å². The van der Waals surface area contributed by atoms with Crippen LogP contribution < -0.4 is 11.1 Å². The summed E-state index contributed by atoms with van der Waals surface area (Å²) in [6.07, 6.45) is 2.41. The number of nitrogen functional groups attached to an aromatic ring is 1. The van der Waals surface area contributed by atoms with Gasteiger partial charge in [0, 0.05) is 6.54 Å². The fraction of sp³-hybridized carbons (Fsp3) is 0.111. The monoisotopic (exact) mass is 448 g/mol. The van der Waals surface area contributed by atoms with Crippen LogP contribution in [0.1, 0.15) is 27.0 Å². The fourth-order valence-corrected chi connectivity index (χ4v) is 3.82. The molecule has 0 spiro atoms. The molecule has 0 atom stereocenters. The van der Waals surface area contributed by atoms with Gasteiger partial charge in [0.2, 0.25) is 0 Å². The second-order valence-corrected chi connectivity index (χ2v) is 8.10. The van der Waals surface area contributed by atoms with Crippen molar-refractivity contribution in [2.45, 2.75) is 13.3 Å². The number of rotatable bonds is 6. The molecule has 5 rings (SSSR count). The first kappa shape index (κ1) is 21.3. The Hall–Kier alpha value is -4.52. The SMILES string of the molecule is Cc1ccc(C=Nn2c(N)c(C(=O)NCCc3ccccc3)c3nc4ccccc4nc32)cc1. The number of nitrogens with one attached hydrogen (secondary N) is 1. The average Bonchev–Trinajstić information content (AvgIpc) is 3.13. The molecular formula is C27H24N6O. The molecule has 0 saturated carbocycles. The number of fused-ring (bicyclic) bond motifs is 2. The second kappa shape index (κ2) is 9.15. The van der Waals surface area contributed by atoms with Gasteiger partial charge in [-0.15, -0.1) is 0 Å². The lowest BCUT2D eigenvalue weighted by Gasteiger charge is -2.05. The van der Waals surface area contributed by atoms with Gasteiger partial charge in [-0.25, -0.2) is 9.97 Å². The van der Waals surface area contributed by atoms with E-state index in [4.69, 9.17) is 15.7 Å². The molecule has 0 aliphatic carbocycles. The number of para-hydroxylation sites is 2. The summed E-state index contributed by atoms with van der Waals surface area (Å²) >= 11 is 0. The van der Waals surface area contributed by atoms with Crippen LogP contribution in [0.25, 0.3) is 22.2 Å². The van der Waals surface area contributed by atoms with E-state index in [1.165, 1.54) is 4.68 Å². The first-order valence-electron chi connectivity index (χ1n) is 11.1. The number of benzene rings is 3. The van der Waals surface area contributed by atoms with E-state index in [1.54, 1.807) is 6.21 Å². The third-order valence-corrected chi connectivity index (χ3v) is 5.64. The zero-order valence-electron chi connectivity index (χ0n) is 18.8. The summed E-state index contributed by atoms with van der Waals surface area (Å²) in [5.41, 5.74) is 12.2. The maximum Gasteiger partial charge on any atom is 0.257 e. The van der Waals surface area contributed by atoms with Gasteiger partial charge < -0.3 is 11.1 Å². The highest BCUT2D eigenvalue weighted by Gasteiger charge is 2.23. The van der Waals surface area contributed by atoms with Crippen LogP contribution in [0, 0.1) is 6.92 Å². The average molecular weight is 449 g/mol. The number of aromatic nitrogens is 3. The zero-order chi connectivity index (χ0) is 23.5. The number of hydrogen-bond donors (Lipinski definition) is 2. The minimum absolute atomic E-state index is 0.200. The lowest BCUT2D eigenvalue weighted by Crippen LogP contribution is -2.26. The number of amides is 1. The molecule has 0 aliphatic rings. The predicted octanol–water partition coefficient (Wildman–Crippen LogP) is 4.33. The van der Waals surface area contributed by atoms with Crippen LogP contribution in [0.3, 0.4) is 0 Å². The van der Waals surface area contributed by atoms with Gasteiger partial charge in [-0.3, -0.25) is 4.79 Å². The Labute approximate surface area is 197 Å². The van der Waals surface area contributed by atoms with Crippen LogP contribution in [0.4, 0.5) is 5.82 Å². The Balaban J connectivity index is 1.53. The highest BCUT2D eigenvalue weighted by molar-refractivity contribution is 6.10. The van der Waals surface area contributed by atoms with Gasteiger partial charge in [0.25, 0.3) is 5.91 Å². The Kier molecular flexibility index (Phi) is 5.74. The number of carbonyl (C=O) groups excluding carboxylic acids is 1. The van der Waals surface area contributed by atoms with Crippen LogP contribution in [-0.4, -0.2) is 33.3 Å². The number of anilines is 1. The molecule has 0 bridgehead atoms. The molecule has 0 saturated heterocycles. The highest BCUT2D eigenvalue weighted by atomic mass is 16.1. The quantitative estimate of drug-likeness (QED) is 0.378. The minimum atomic E-state index is -0.299. The molecular weight excluding hydrogens is 424 g/mol. The van der Waals surface area contributed by atoms with E-state index in [2.05, 4.69) is 10.4 Å². The topological polar surface area (TPSA) is 98.2 Å². The second-order valence-electron chi connectivity index (χ2n) is 8.10. The van der Waals surface area contributed by atoms with Crippen LogP contribution >= 0.6 is 0 Å². The van der Waals surface area contributed by atoms with E-state index >= 15 is 0 Å². The van der Waals surface area contributed by atoms with Gasteiger partial charge in [-0.1, -0.05) is 72.3 Å². The van der Waals surface area contributed by atoms with Crippen molar-refractivity contribution < 1.29 is 4.79 Å². The zero-order valence-corrected chi connectivity index (χ0v) is 18.8. The summed E-state index contributed by atoms with van der Waals surface area (Å²) in [5, 5.41) is 7.53. The molecule has 7 heteroatoms. The third-order valence-electron chi connectivity index (χ3n) is 5.64. The van der Waals surface area contributed by atoms with Gasteiger partial charge in [-0.2, -0.15) is 9.78 Å². The normalized spacial score (nSPS) is 11.4. The summed E-state index contributed by atoms with van der Waals surface area (Å²) in [4.78, 5) is 22.6. The van der Waals surface area contributed by atoms with Crippen molar-refractivity contribution in [3.8, 4) is 0 Å². The Bertz CT molecular complexity index is 1500. The van der Waals surface area contributed by atoms with E-state index in [9.17, 15) is 4.79 Å². The van der Waals surface area contributed by atoms with Crippen molar-refractivity contribution in [1.29, 1.82) is 0 Å². The number of carbonyl (C=O) groups is 1. The predicted molar refractivity (Wildman–Crippen MR) is 136 cm³/mol. The third kappa shape index (κ3) is 4.23. The maximum absolute atomic E-state index is 13.2. The lowest BCUT2D eigenvalue weighted by molar-refractivity contribution is 0.0956. The molecule has 0 radical (unpaired) electrons. The van der Waals surface area contributed by atoms with E-state index in [0.29, 0.717) is 35.2 Å². The van der Waals surface area contributed by atoms with Gasteiger partial charge in [0.05, 0.1) is 17.2 Å². The number of nitrogens with zero attached hydrogens (tertiary/aromatic N) is 4. The molecule has 2 aromatic heterocycles. The van der Waals surface area contributed by atoms with Crippen LogP contribution in [0.15, 0.2) is 84.0 Å². The molecule has 3 N–H and O–H groups in total. The van der Waals surface area contributed by atoms with Crippen molar-refractivity contribution in [1.82, 2.24) is 20.0 Å². The molecule has 168 valence electrons. The Morgan fingerprint density at radius 2 is 1.65 bits per heavy atom. The molecule has 34 heavy (non-hydrogen) atoms.